The molecule has 5 heteroatoms. The van der Waals surface area contributed by atoms with Gasteiger partial charge in [0, 0.05) is 63.2 Å². The van der Waals surface area contributed by atoms with Crippen LogP contribution in [0.3, 0.4) is 0 Å². The lowest BCUT2D eigenvalue weighted by Gasteiger charge is -2.08. The van der Waals surface area contributed by atoms with E-state index in [1.807, 2.05) is 48.9 Å². The Balaban J connectivity index is 1.62. The molecule has 0 saturated carbocycles. The van der Waals surface area contributed by atoms with Crippen LogP contribution in [0, 0.1) is 0 Å². The zero-order chi connectivity index (χ0) is 20.1. The molecule has 0 aliphatic carbocycles. The number of pyridine rings is 2. The van der Waals surface area contributed by atoms with Gasteiger partial charge in [0.1, 0.15) is 28.0 Å². The topological polar surface area (TPSA) is 56.5 Å². The lowest BCUT2D eigenvalue weighted by Crippen LogP contribution is -1.91. The minimum atomic E-state index is 0.817. The largest absolute Gasteiger partial charge is 0.456 e. The standard InChI is InChI=1S/C26H13N3O2/c1-2-4-21-14(3-1)17-11-18-15-5-6-20-24(25(15)31-23(18)12-22(17)30-21)19-13-27-8-7-16(19)26-28-9-10-29(20)26/h1-13H. The Morgan fingerprint density at radius 2 is 1.58 bits per heavy atom. The summed E-state index contributed by atoms with van der Waals surface area (Å²) in [7, 11) is 0. The van der Waals surface area contributed by atoms with Crippen molar-refractivity contribution in [2.24, 2.45) is 0 Å². The third-order valence-electron chi connectivity index (χ3n) is 6.35. The van der Waals surface area contributed by atoms with Crippen LogP contribution in [0.2, 0.25) is 0 Å². The highest BCUT2D eigenvalue weighted by atomic mass is 16.3. The normalized spacial score (nSPS) is 12.5. The number of hydrogen-bond acceptors (Lipinski definition) is 4. The number of imidazole rings is 1. The third kappa shape index (κ3) is 1.82. The summed E-state index contributed by atoms with van der Waals surface area (Å²) < 4.78 is 14.7. The summed E-state index contributed by atoms with van der Waals surface area (Å²) in [5, 5.41) is 7.52. The second-order valence-corrected chi connectivity index (χ2v) is 7.92. The minimum Gasteiger partial charge on any atom is -0.456 e. The lowest BCUT2D eigenvalue weighted by atomic mass is 10.0. The summed E-state index contributed by atoms with van der Waals surface area (Å²) in [6.45, 7) is 0. The highest BCUT2D eigenvalue weighted by Gasteiger charge is 2.18. The van der Waals surface area contributed by atoms with Crippen molar-refractivity contribution < 1.29 is 8.83 Å². The van der Waals surface area contributed by atoms with E-state index in [0.29, 0.717) is 0 Å². The fourth-order valence-electron chi connectivity index (χ4n) is 4.99. The Bertz CT molecular complexity index is 2010. The molecule has 0 spiro atoms. The summed E-state index contributed by atoms with van der Waals surface area (Å²) in [4.78, 5) is 8.96. The summed E-state index contributed by atoms with van der Waals surface area (Å²) >= 11 is 0. The number of rotatable bonds is 0. The van der Waals surface area contributed by atoms with Crippen molar-refractivity contribution in [1.29, 1.82) is 0 Å². The van der Waals surface area contributed by atoms with E-state index < -0.39 is 0 Å². The molecule has 0 aliphatic rings. The quantitative estimate of drug-likeness (QED) is 0.262. The van der Waals surface area contributed by atoms with Gasteiger partial charge in [-0.3, -0.25) is 9.38 Å². The monoisotopic (exact) mass is 399 g/mol. The minimum absolute atomic E-state index is 0.817. The highest BCUT2D eigenvalue weighted by molar-refractivity contribution is 6.25. The molecule has 0 atom stereocenters. The van der Waals surface area contributed by atoms with Gasteiger partial charge in [-0.1, -0.05) is 18.2 Å². The van der Waals surface area contributed by atoms with Crippen LogP contribution < -0.4 is 0 Å². The van der Waals surface area contributed by atoms with Crippen LogP contribution in [-0.4, -0.2) is 14.4 Å². The maximum atomic E-state index is 6.48. The summed E-state index contributed by atoms with van der Waals surface area (Å²) in [5.41, 5.74) is 5.37. The third-order valence-corrected chi connectivity index (χ3v) is 6.35. The number of furan rings is 2. The van der Waals surface area contributed by atoms with E-state index in [4.69, 9.17) is 8.83 Å². The molecule has 31 heavy (non-hydrogen) atoms. The maximum absolute atomic E-state index is 6.48. The fourth-order valence-corrected chi connectivity index (χ4v) is 4.99. The van der Waals surface area contributed by atoms with E-state index in [0.717, 1.165) is 71.2 Å². The van der Waals surface area contributed by atoms with E-state index in [2.05, 4.69) is 38.6 Å². The van der Waals surface area contributed by atoms with Crippen LogP contribution in [0.25, 0.3) is 71.2 Å². The van der Waals surface area contributed by atoms with Crippen molar-refractivity contribution in [1.82, 2.24) is 14.4 Å². The van der Waals surface area contributed by atoms with Gasteiger partial charge in [0.15, 0.2) is 0 Å². The zero-order valence-electron chi connectivity index (χ0n) is 16.2. The number of benzene rings is 3. The van der Waals surface area contributed by atoms with E-state index in [1.165, 1.54) is 0 Å². The van der Waals surface area contributed by atoms with Gasteiger partial charge in [-0.05, 0) is 30.3 Å². The van der Waals surface area contributed by atoms with Crippen molar-refractivity contribution in [3.05, 3.63) is 79.4 Å². The predicted octanol–water partition coefficient (Wildman–Crippen LogP) is 6.83. The molecule has 3 aromatic carbocycles. The van der Waals surface area contributed by atoms with Gasteiger partial charge in [-0.15, -0.1) is 0 Å². The second-order valence-electron chi connectivity index (χ2n) is 7.92. The van der Waals surface area contributed by atoms with Crippen molar-refractivity contribution in [3.8, 4) is 0 Å². The first kappa shape index (κ1) is 15.5. The predicted molar refractivity (Wildman–Crippen MR) is 123 cm³/mol. The van der Waals surface area contributed by atoms with Crippen molar-refractivity contribution in [2.45, 2.75) is 0 Å². The van der Waals surface area contributed by atoms with E-state index in [1.54, 1.807) is 6.20 Å². The Morgan fingerprint density at radius 1 is 0.677 bits per heavy atom. The van der Waals surface area contributed by atoms with Crippen LogP contribution in [-0.2, 0) is 0 Å². The van der Waals surface area contributed by atoms with Gasteiger partial charge in [-0.25, -0.2) is 4.98 Å². The van der Waals surface area contributed by atoms with E-state index in [9.17, 15) is 0 Å². The van der Waals surface area contributed by atoms with Crippen LogP contribution >= 0.6 is 0 Å². The second kappa shape index (κ2) is 5.21. The van der Waals surface area contributed by atoms with E-state index >= 15 is 0 Å². The molecule has 0 amide bonds. The number of hydrogen-bond donors (Lipinski definition) is 0. The Labute approximate surface area is 174 Å². The van der Waals surface area contributed by atoms with Crippen molar-refractivity contribution >= 4 is 71.2 Å². The molecule has 0 aliphatic heterocycles. The molecule has 0 radical (unpaired) electrons. The Morgan fingerprint density at radius 3 is 2.58 bits per heavy atom. The van der Waals surface area contributed by atoms with Crippen LogP contribution in [0.15, 0.2) is 88.2 Å². The fraction of sp³-hybridized carbons (Fsp3) is 0. The first-order valence-corrected chi connectivity index (χ1v) is 10.2. The maximum Gasteiger partial charge on any atom is 0.145 e. The van der Waals surface area contributed by atoms with Gasteiger partial charge in [-0.2, -0.15) is 0 Å². The molecule has 0 bridgehead atoms. The Hall–Kier alpha value is -4.38. The van der Waals surface area contributed by atoms with Crippen LogP contribution in [0.4, 0.5) is 0 Å². The molecule has 144 valence electrons. The summed E-state index contributed by atoms with van der Waals surface area (Å²) in [6, 6.07) is 18.6. The molecule has 8 aromatic rings. The lowest BCUT2D eigenvalue weighted by molar-refractivity contribution is 0.658. The molecular formula is C26H13N3O2. The highest BCUT2D eigenvalue weighted by Crippen LogP contribution is 2.41. The molecule has 5 heterocycles. The average Bonchev–Trinajstić information content (AvgIpc) is 3.52. The van der Waals surface area contributed by atoms with Gasteiger partial charge < -0.3 is 8.83 Å². The molecule has 5 nitrogen and oxygen atoms in total. The summed E-state index contributed by atoms with van der Waals surface area (Å²) in [5.74, 6) is 0. The number of para-hydroxylation sites is 1. The first-order chi connectivity index (χ1) is 15.4. The van der Waals surface area contributed by atoms with Gasteiger partial charge >= 0.3 is 0 Å². The SMILES string of the molecule is c1ccc2c(c1)oc1cc3oc4c(ccc5c4c4cnccc4c4nccn54)c3cc12. The van der Waals surface area contributed by atoms with Crippen LogP contribution in [0.5, 0.6) is 0 Å². The van der Waals surface area contributed by atoms with Crippen molar-refractivity contribution in [2.75, 3.05) is 0 Å². The number of aromatic nitrogens is 3. The zero-order valence-corrected chi connectivity index (χ0v) is 16.2. The molecule has 0 N–H and O–H groups in total. The molecular weight excluding hydrogens is 386 g/mol. The summed E-state index contributed by atoms with van der Waals surface area (Å²) in [6.07, 6.45) is 7.53. The molecule has 8 rings (SSSR count). The van der Waals surface area contributed by atoms with Crippen LogP contribution in [0.1, 0.15) is 0 Å². The number of fused-ring (bicyclic) bond motifs is 13. The molecule has 0 saturated heterocycles. The smallest absolute Gasteiger partial charge is 0.145 e. The molecule has 5 aromatic heterocycles. The molecule has 0 fully saturated rings. The average molecular weight is 399 g/mol. The van der Waals surface area contributed by atoms with Crippen molar-refractivity contribution in [3.63, 3.8) is 0 Å². The number of nitrogens with zero attached hydrogens (tertiary/aromatic N) is 3. The van der Waals surface area contributed by atoms with Gasteiger partial charge in [0.2, 0.25) is 0 Å². The molecule has 0 unspecified atom stereocenters. The Kier molecular flexibility index (Phi) is 2.60. The van der Waals surface area contributed by atoms with E-state index in [-0.39, 0.29) is 0 Å². The van der Waals surface area contributed by atoms with Gasteiger partial charge in [0.25, 0.3) is 0 Å². The van der Waals surface area contributed by atoms with Gasteiger partial charge in [0.05, 0.1) is 10.9 Å². The first-order valence-electron chi connectivity index (χ1n) is 10.2.